The Morgan fingerprint density at radius 1 is 1.06 bits per heavy atom. The van der Waals surface area contributed by atoms with Crippen molar-refractivity contribution in [1.29, 1.82) is 0 Å². The first-order chi connectivity index (χ1) is 15.7. The van der Waals surface area contributed by atoms with Crippen LogP contribution in [0.2, 0.25) is 0 Å². The number of ketones is 1. The van der Waals surface area contributed by atoms with E-state index in [4.69, 9.17) is 11.5 Å². The molecule has 1 saturated carbocycles. The molecule has 184 valence electrons. The van der Waals surface area contributed by atoms with E-state index in [1.165, 1.54) is 0 Å². The van der Waals surface area contributed by atoms with Gasteiger partial charge in [0.25, 0.3) is 0 Å². The number of nitrogens with zero attached hydrogens (tertiary/aromatic N) is 1. The van der Waals surface area contributed by atoms with Gasteiger partial charge in [-0.3, -0.25) is 24.1 Å². The van der Waals surface area contributed by atoms with E-state index in [0.717, 1.165) is 12.8 Å². The van der Waals surface area contributed by atoms with Crippen molar-refractivity contribution in [2.45, 2.75) is 81.6 Å². The van der Waals surface area contributed by atoms with E-state index in [-0.39, 0.29) is 36.7 Å². The van der Waals surface area contributed by atoms with Gasteiger partial charge in [0, 0.05) is 19.6 Å². The van der Waals surface area contributed by atoms with Gasteiger partial charge in [-0.2, -0.15) is 0 Å². The number of primary amides is 2. The first kappa shape index (κ1) is 24.9. The number of piperazine rings is 2. The van der Waals surface area contributed by atoms with Crippen molar-refractivity contribution in [2.75, 3.05) is 19.6 Å². The molecule has 12 heteroatoms. The Bertz CT molecular complexity index is 800. The maximum atomic E-state index is 13.6. The highest BCUT2D eigenvalue weighted by Gasteiger charge is 2.60. The molecule has 5 amide bonds. The molecule has 0 aromatic carbocycles. The second-order valence-corrected chi connectivity index (χ2v) is 9.13. The predicted molar refractivity (Wildman–Crippen MR) is 119 cm³/mol. The zero-order valence-electron chi connectivity index (χ0n) is 19.0. The Labute approximate surface area is 192 Å². The van der Waals surface area contributed by atoms with Crippen LogP contribution in [0.15, 0.2) is 0 Å². The molecule has 2 aliphatic heterocycles. The first-order valence-corrected chi connectivity index (χ1v) is 11.7. The van der Waals surface area contributed by atoms with Gasteiger partial charge < -0.3 is 32.7 Å². The van der Waals surface area contributed by atoms with E-state index >= 15 is 0 Å². The van der Waals surface area contributed by atoms with Crippen LogP contribution in [0.5, 0.6) is 0 Å². The molecule has 4 atom stereocenters. The van der Waals surface area contributed by atoms with Gasteiger partial charge >= 0.3 is 6.03 Å². The van der Waals surface area contributed by atoms with Crippen molar-refractivity contribution >= 4 is 29.5 Å². The minimum absolute atomic E-state index is 0.119. The summed E-state index contributed by atoms with van der Waals surface area (Å²) in [4.78, 5) is 63.5. The van der Waals surface area contributed by atoms with E-state index in [0.29, 0.717) is 38.6 Å². The van der Waals surface area contributed by atoms with Crippen molar-refractivity contribution in [2.24, 2.45) is 11.5 Å². The topological polar surface area (TPSA) is 189 Å². The number of amides is 5. The number of hydrogen-bond donors (Lipinski definition) is 6. The molecule has 2 saturated heterocycles. The summed E-state index contributed by atoms with van der Waals surface area (Å²) < 4.78 is 0. The number of urea groups is 1. The van der Waals surface area contributed by atoms with Gasteiger partial charge in [0.15, 0.2) is 5.78 Å². The Morgan fingerprint density at radius 3 is 2.33 bits per heavy atom. The fourth-order valence-electron chi connectivity index (χ4n) is 4.80. The predicted octanol–water partition coefficient (Wildman–Crippen LogP) is -2.16. The Kier molecular flexibility index (Phi) is 7.90. The average Bonchev–Trinajstić information content (AvgIpc) is 3.57. The van der Waals surface area contributed by atoms with Crippen LogP contribution in [-0.2, 0) is 19.2 Å². The van der Waals surface area contributed by atoms with Gasteiger partial charge in [0.05, 0.1) is 17.6 Å². The van der Waals surface area contributed by atoms with Gasteiger partial charge in [-0.15, -0.1) is 0 Å². The van der Waals surface area contributed by atoms with Gasteiger partial charge in [-0.05, 0) is 32.1 Å². The minimum Gasteiger partial charge on any atom is -0.368 e. The van der Waals surface area contributed by atoms with Crippen molar-refractivity contribution in [1.82, 2.24) is 26.2 Å². The molecular formula is C21H35N7O5. The highest BCUT2D eigenvalue weighted by atomic mass is 16.2. The smallest absolute Gasteiger partial charge is 0.312 e. The lowest BCUT2D eigenvalue weighted by Gasteiger charge is -2.44. The summed E-state index contributed by atoms with van der Waals surface area (Å²) in [6.07, 6.45) is 4.49. The standard InChI is InChI=1S/C21H35N7O5/c1-2-3-5-12-18(31)26-13(10-25-12)16(29)21(7-8-21)28-11-14(17(22)30)27-19(32)15(28)6-4-9-24-20(23)33/h12-15,25H,2-11H2,1H3,(H2,22,30)(H,26,31)(H,27,32)(H3,23,24,33)/t12-,13+,14?,15-/m0/s1. The fraction of sp³-hybridized carbons (Fsp3) is 0.762. The van der Waals surface area contributed by atoms with Crippen LogP contribution in [0.1, 0.15) is 51.9 Å². The molecule has 0 aromatic heterocycles. The third kappa shape index (κ3) is 5.61. The SMILES string of the molecule is CCCC[C@@H]1NC[C@H](C(=O)C2(N3CC(C(N)=O)NC(=O)[C@@H]3CCCNC(N)=O)CC2)NC1=O. The van der Waals surface area contributed by atoms with Crippen molar-refractivity contribution in [3.05, 3.63) is 0 Å². The van der Waals surface area contributed by atoms with E-state index in [1.807, 2.05) is 0 Å². The molecule has 0 bridgehead atoms. The molecule has 12 nitrogen and oxygen atoms in total. The van der Waals surface area contributed by atoms with Crippen LogP contribution in [0.25, 0.3) is 0 Å². The highest BCUT2D eigenvalue weighted by molar-refractivity contribution is 6.00. The maximum absolute atomic E-state index is 13.6. The van der Waals surface area contributed by atoms with Gasteiger partial charge in [0.2, 0.25) is 17.7 Å². The number of Topliss-reactive ketones (excluding diaryl/α,β-unsaturated/α-hetero) is 1. The molecule has 0 aromatic rings. The molecule has 1 aliphatic carbocycles. The summed E-state index contributed by atoms with van der Waals surface area (Å²) in [5.74, 6) is -1.40. The van der Waals surface area contributed by atoms with E-state index in [2.05, 4.69) is 28.2 Å². The molecule has 33 heavy (non-hydrogen) atoms. The molecule has 1 unspecified atom stereocenters. The van der Waals surface area contributed by atoms with Crippen molar-refractivity contribution in [3.63, 3.8) is 0 Å². The minimum atomic E-state index is -0.927. The van der Waals surface area contributed by atoms with Crippen LogP contribution < -0.4 is 32.7 Å². The van der Waals surface area contributed by atoms with Crippen molar-refractivity contribution < 1.29 is 24.0 Å². The van der Waals surface area contributed by atoms with Gasteiger partial charge in [-0.25, -0.2) is 4.79 Å². The number of carbonyl (C=O) groups excluding carboxylic acids is 5. The first-order valence-electron chi connectivity index (χ1n) is 11.7. The Morgan fingerprint density at radius 2 is 1.76 bits per heavy atom. The maximum Gasteiger partial charge on any atom is 0.312 e. The summed E-state index contributed by atoms with van der Waals surface area (Å²) in [5, 5.41) is 11.2. The largest absolute Gasteiger partial charge is 0.368 e. The van der Waals surface area contributed by atoms with Gasteiger partial charge in [0.1, 0.15) is 12.1 Å². The molecule has 0 radical (unpaired) electrons. The number of nitrogens with one attached hydrogen (secondary N) is 4. The molecule has 3 fully saturated rings. The summed E-state index contributed by atoms with van der Waals surface area (Å²) in [6.45, 7) is 2.79. The highest BCUT2D eigenvalue weighted by Crippen LogP contribution is 2.46. The van der Waals surface area contributed by atoms with Crippen LogP contribution in [0.3, 0.4) is 0 Å². The number of nitrogens with two attached hydrogens (primary N) is 2. The normalized spacial score (nSPS) is 29.0. The van der Waals surface area contributed by atoms with Crippen LogP contribution in [-0.4, -0.2) is 83.8 Å². The second kappa shape index (κ2) is 10.5. The third-order valence-electron chi connectivity index (χ3n) is 6.77. The molecule has 0 spiro atoms. The zero-order valence-corrected chi connectivity index (χ0v) is 19.0. The average molecular weight is 466 g/mol. The summed E-state index contributed by atoms with van der Waals surface area (Å²) >= 11 is 0. The lowest BCUT2D eigenvalue weighted by Crippen LogP contribution is -2.70. The number of carbonyl (C=O) groups is 5. The van der Waals surface area contributed by atoms with Crippen LogP contribution >= 0.6 is 0 Å². The third-order valence-corrected chi connectivity index (χ3v) is 6.77. The fourth-order valence-corrected chi connectivity index (χ4v) is 4.80. The van der Waals surface area contributed by atoms with Crippen LogP contribution in [0, 0.1) is 0 Å². The number of unbranched alkanes of at least 4 members (excludes halogenated alkanes) is 1. The summed E-state index contributed by atoms with van der Waals surface area (Å²) in [7, 11) is 0. The lowest BCUT2D eigenvalue weighted by molar-refractivity contribution is -0.144. The molecule has 3 rings (SSSR count). The molecule has 8 N–H and O–H groups in total. The number of hydrogen-bond acceptors (Lipinski definition) is 7. The second-order valence-electron chi connectivity index (χ2n) is 9.13. The summed E-state index contributed by atoms with van der Waals surface area (Å²) in [5.41, 5.74) is 9.62. The lowest BCUT2D eigenvalue weighted by atomic mass is 9.92. The van der Waals surface area contributed by atoms with Crippen molar-refractivity contribution in [3.8, 4) is 0 Å². The zero-order chi connectivity index (χ0) is 24.2. The van der Waals surface area contributed by atoms with E-state index in [9.17, 15) is 24.0 Å². The van der Waals surface area contributed by atoms with E-state index < -0.39 is 35.6 Å². The number of rotatable bonds is 11. The monoisotopic (exact) mass is 465 g/mol. The molecular weight excluding hydrogens is 430 g/mol. The van der Waals surface area contributed by atoms with Crippen LogP contribution in [0.4, 0.5) is 4.79 Å². The summed E-state index contributed by atoms with van der Waals surface area (Å²) in [6, 6.07) is -3.23. The Hall–Kier alpha value is -2.73. The molecule has 2 heterocycles. The quantitative estimate of drug-likeness (QED) is 0.187. The van der Waals surface area contributed by atoms with Gasteiger partial charge in [-0.1, -0.05) is 19.8 Å². The molecule has 3 aliphatic rings. The van der Waals surface area contributed by atoms with E-state index in [1.54, 1.807) is 4.90 Å². The Balaban J connectivity index is 1.72.